The minimum Gasteiger partial charge on any atom is -0.469 e. The van der Waals surface area contributed by atoms with Crippen molar-refractivity contribution in [3.05, 3.63) is 41.5 Å². The summed E-state index contributed by atoms with van der Waals surface area (Å²) >= 11 is 0. The van der Waals surface area contributed by atoms with Gasteiger partial charge in [-0.05, 0) is 38.3 Å². The summed E-state index contributed by atoms with van der Waals surface area (Å²) in [6, 6.07) is 5.93. The number of aryl methyl sites for hydroxylation is 2. The number of ether oxygens (including phenoxy) is 1. The second-order valence-electron chi connectivity index (χ2n) is 6.30. The standard InChI is InChI=1S/C18H23NO3/c1-12(2)9-18(17(21)22-5)10-15(20)19(11-18)16-13(3)7-6-8-14(16)4/h6-8H,1,9-11H2,2-5H3/t18-/m0/s1. The number of rotatable bonds is 4. The van der Waals surface area contributed by atoms with Gasteiger partial charge in [0.05, 0.1) is 12.5 Å². The van der Waals surface area contributed by atoms with Crippen LogP contribution in [0, 0.1) is 19.3 Å². The number of hydrogen-bond acceptors (Lipinski definition) is 3. The lowest BCUT2D eigenvalue weighted by Crippen LogP contribution is -2.36. The summed E-state index contributed by atoms with van der Waals surface area (Å²) in [5.41, 5.74) is 3.02. The molecule has 0 N–H and O–H groups in total. The van der Waals surface area contributed by atoms with Gasteiger partial charge in [-0.1, -0.05) is 23.8 Å². The molecule has 0 aromatic heterocycles. The van der Waals surface area contributed by atoms with E-state index < -0.39 is 5.41 Å². The molecule has 1 atom stereocenters. The largest absolute Gasteiger partial charge is 0.469 e. The number of hydrogen-bond donors (Lipinski definition) is 0. The van der Waals surface area contributed by atoms with Gasteiger partial charge in [0, 0.05) is 18.7 Å². The van der Waals surface area contributed by atoms with Gasteiger partial charge in [0.2, 0.25) is 5.91 Å². The summed E-state index contributed by atoms with van der Waals surface area (Å²) < 4.78 is 4.97. The Morgan fingerprint density at radius 3 is 2.45 bits per heavy atom. The Balaban J connectivity index is 2.44. The molecule has 2 rings (SSSR count). The van der Waals surface area contributed by atoms with Crippen molar-refractivity contribution in [3.8, 4) is 0 Å². The second kappa shape index (κ2) is 5.95. The number of nitrogens with zero attached hydrogens (tertiary/aromatic N) is 1. The van der Waals surface area contributed by atoms with Crippen LogP contribution in [0.25, 0.3) is 0 Å². The molecule has 1 aromatic rings. The molecular weight excluding hydrogens is 278 g/mol. The number of methoxy groups -OCH3 is 1. The van der Waals surface area contributed by atoms with Crippen molar-refractivity contribution in [2.45, 2.75) is 33.6 Å². The first-order valence-electron chi connectivity index (χ1n) is 7.40. The molecule has 1 amide bonds. The fourth-order valence-electron chi connectivity index (χ4n) is 3.39. The SMILES string of the molecule is C=C(C)C[C@]1(C(=O)OC)CC(=O)N(c2c(C)cccc2C)C1. The Kier molecular flexibility index (Phi) is 4.40. The van der Waals surface area contributed by atoms with Crippen molar-refractivity contribution in [2.75, 3.05) is 18.6 Å². The Morgan fingerprint density at radius 2 is 1.95 bits per heavy atom. The third-order valence-electron chi connectivity index (χ3n) is 4.22. The number of allylic oxidation sites excluding steroid dienone is 1. The fraction of sp³-hybridized carbons (Fsp3) is 0.444. The summed E-state index contributed by atoms with van der Waals surface area (Å²) in [5, 5.41) is 0. The highest BCUT2D eigenvalue weighted by Gasteiger charge is 2.50. The summed E-state index contributed by atoms with van der Waals surface area (Å²) in [4.78, 5) is 26.6. The number of carbonyl (C=O) groups is 2. The molecule has 22 heavy (non-hydrogen) atoms. The smallest absolute Gasteiger partial charge is 0.314 e. The molecule has 118 valence electrons. The first kappa shape index (κ1) is 16.3. The second-order valence-corrected chi connectivity index (χ2v) is 6.30. The Bertz CT molecular complexity index is 615. The highest BCUT2D eigenvalue weighted by Crippen LogP contribution is 2.41. The van der Waals surface area contributed by atoms with Crippen molar-refractivity contribution >= 4 is 17.6 Å². The van der Waals surface area contributed by atoms with E-state index in [0.29, 0.717) is 13.0 Å². The maximum atomic E-state index is 12.6. The van der Waals surface area contributed by atoms with E-state index in [1.807, 2.05) is 39.0 Å². The average molecular weight is 301 g/mol. The van der Waals surface area contributed by atoms with Gasteiger partial charge in [-0.15, -0.1) is 6.58 Å². The van der Waals surface area contributed by atoms with Crippen LogP contribution in [0.5, 0.6) is 0 Å². The van der Waals surface area contributed by atoms with Crippen LogP contribution in [0.3, 0.4) is 0 Å². The van der Waals surface area contributed by atoms with E-state index in [2.05, 4.69) is 6.58 Å². The predicted octanol–water partition coefficient (Wildman–Crippen LogP) is 3.17. The van der Waals surface area contributed by atoms with Gasteiger partial charge in [0.1, 0.15) is 0 Å². The quantitative estimate of drug-likeness (QED) is 0.634. The summed E-state index contributed by atoms with van der Waals surface area (Å²) in [7, 11) is 1.37. The highest BCUT2D eigenvalue weighted by molar-refractivity contribution is 6.02. The molecule has 0 unspecified atom stereocenters. The van der Waals surface area contributed by atoms with Crippen LogP contribution in [-0.2, 0) is 14.3 Å². The van der Waals surface area contributed by atoms with Gasteiger partial charge < -0.3 is 9.64 Å². The molecule has 0 saturated carbocycles. The Morgan fingerprint density at radius 1 is 1.36 bits per heavy atom. The molecule has 0 spiro atoms. The first-order chi connectivity index (χ1) is 10.3. The van der Waals surface area contributed by atoms with Gasteiger partial charge in [-0.3, -0.25) is 9.59 Å². The lowest BCUT2D eigenvalue weighted by molar-refractivity contribution is -0.152. The molecule has 0 bridgehead atoms. The third kappa shape index (κ3) is 2.78. The van der Waals surface area contributed by atoms with E-state index in [9.17, 15) is 9.59 Å². The summed E-state index contributed by atoms with van der Waals surface area (Å²) in [5.74, 6) is -0.373. The molecule has 1 aliphatic rings. The molecule has 1 aromatic carbocycles. The molecule has 1 heterocycles. The predicted molar refractivity (Wildman–Crippen MR) is 86.8 cm³/mol. The van der Waals surface area contributed by atoms with Crippen molar-refractivity contribution in [3.63, 3.8) is 0 Å². The maximum Gasteiger partial charge on any atom is 0.314 e. The molecule has 1 fully saturated rings. The van der Waals surface area contributed by atoms with Gasteiger partial charge in [-0.25, -0.2) is 0 Å². The zero-order valence-corrected chi connectivity index (χ0v) is 13.7. The van der Waals surface area contributed by atoms with Crippen LogP contribution < -0.4 is 4.90 Å². The van der Waals surface area contributed by atoms with Gasteiger partial charge in [0.25, 0.3) is 0 Å². The number of amides is 1. The van der Waals surface area contributed by atoms with Gasteiger partial charge >= 0.3 is 5.97 Å². The van der Waals surface area contributed by atoms with Crippen LogP contribution >= 0.6 is 0 Å². The number of para-hydroxylation sites is 1. The third-order valence-corrected chi connectivity index (χ3v) is 4.22. The van der Waals surface area contributed by atoms with E-state index in [1.54, 1.807) is 4.90 Å². The lowest BCUT2D eigenvalue weighted by Gasteiger charge is -2.27. The normalized spacial score (nSPS) is 21.1. The monoisotopic (exact) mass is 301 g/mol. The van der Waals surface area contributed by atoms with E-state index in [0.717, 1.165) is 22.4 Å². The van der Waals surface area contributed by atoms with Crippen LogP contribution in [-0.4, -0.2) is 25.5 Å². The summed E-state index contributed by atoms with van der Waals surface area (Å²) in [6.45, 7) is 10.1. The molecule has 1 aliphatic heterocycles. The number of esters is 1. The minimum absolute atomic E-state index is 0.0379. The first-order valence-corrected chi connectivity index (χ1v) is 7.40. The van der Waals surface area contributed by atoms with Crippen molar-refractivity contribution in [2.24, 2.45) is 5.41 Å². The van der Waals surface area contributed by atoms with Crippen LogP contribution in [0.1, 0.15) is 30.9 Å². The molecular formula is C18H23NO3. The number of anilines is 1. The Hall–Kier alpha value is -2.10. The zero-order valence-electron chi connectivity index (χ0n) is 13.7. The molecule has 1 saturated heterocycles. The van der Waals surface area contributed by atoms with E-state index in [-0.39, 0.29) is 18.3 Å². The van der Waals surface area contributed by atoms with Crippen molar-refractivity contribution in [1.29, 1.82) is 0 Å². The van der Waals surface area contributed by atoms with Crippen LogP contribution in [0.15, 0.2) is 30.4 Å². The van der Waals surface area contributed by atoms with Crippen molar-refractivity contribution < 1.29 is 14.3 Å². The molecule has 0 radical (unpaired) electrons. The number of carbonyl (C=O) groups excluding carboxylic acids is 2. The molecule has 4 nitrogen and oxygen atoms in total. The van der Waals surface area contributed by atoms with Crippen molar-refractivity contribution in [1.82, 2.24) is 0 Å². The van der Waals surface area contributed by atoms with E-state index in [1.165, 1.54) is 7.11 Å². The summed E-state index contributed by atoms with van der Waals surface area (Å²) in [6.07, 6.45) is 0.632. The average Bonchev–Trinajstić information content (AvgIpc) is 2.75. The van der Waals surface area contributed by atoms with Crippen LogP contribution in [0.2, 0.25) is 0 Å². The lowest BCUT2D eigenvalue weighted by atomic mass is 9.81. The highest BCUT2D eigenvalue weighted by atomic mass is 16.5. The number of benzene rings is 1. The van der Waals surface area contributed by atoms with Crippen LogP contribution in [0.4, 0.5) is 5.69 Å². The Labute approximate surface area is 131 Å². The molecule has 0 aliphatic carbocycles. The molecule has 4 heteroatoms. The van der Waals surface area contributed by atoms with E-state index in [4.69, 9.17) is 4.74 Å². The fourth-order valence-corrected chi connectivity index (χ4v) is 3.39. The van der Waals surface area contributed by atoms with Gasteiger partial charge in [0.15, 0.2) is 0 Å². The van der Waals surface area contributed by atoms with Gasteiger partial charge in [-0.2, -0.15) is 0 Å². The maximum absolute atomic E-state index is 12.6. The topological polar surface area (TPSA) is 46.6 Å². The van der Waals surface area contributed by atoms with E-state index >= 15 is 0 Å². The zero-order chi connectivity index (χ0) is 16.5. The minimum atomic E-state index is -0.827.